The quantitative estimate of drug-likeness (QED) is 0.769. The van der Waals surface area contributed by atoms with Crippen LogP contribution in [0.5, 0.6) is 5.75 Å². The van der Waals surface area contributed by atoms with Gasteiger partial charge < -0.3 is 15.2 Å². The third kappa shape index (κ3) is 4.43. The second kappa shape index (κ2) is 7.33. The Morgan fingerprint density at radius 1 is 1.32 bits per heavy atom. The number of rotatable bonds is 7. The Morgan fingerprint density at radius 3 is 2.48 bits per heavy atom. The zero-order valence-electron chi connectivity index (χ0n) is 13.8. The molecule has 1 aromatic carbocycles. The number of carboxylic acids is 1. The molecular formula is C17H20F3NO4. The van der Waals surface area contributed by atoms with Crippen molar-refractivity contribution < 1.29 is 32.6 Å². The predicted molar refractivity (Wildman–Crippen MR) is 84.4 cm³/mol. The molecule has 2 rings (SSSR count). The molecule has 1 aromatic rings. The monoisotopic (exact) mass is 359 g/mol. The first-order valence-corrected chi connectivity index (χ1v) is 8.05. The normalized spacial score (nSPS) is 16.0. The number of anilines is 1. The van der Waals surface area contributed by atoms with Gasteiger partial charge in [0.2, 0.25) is 5.91 Å². The first kappa shape index (κ1) is 19.1. The fraction of sp³-hybridized carbons (Fsp3) is 0.529. The van der Waals surface area contributed by atoms with Crippen LogP contribution in [0, 0.1) is 5.41 Å². The number of carboxylic acid groups (broad SMARTS) is 1. The lowest BCUT2D eigenvalue weighted by atomic mass is 9.66. The number of hydrogen-bond acceptors (Lipinski definition) is 3. The number of alkyl halides is 3. The number of ether oxygens (including phenoxy) is 1. The third-order valence-corrected chi connectivity index (χ3v) is 4.31. The molecule has 0 atom stereocenters. The van der Waals surface area contributed by atoms with Gasteiger partial charge in [0.25, 0.3) is 0 Å². The summed E-state index contributed by atoms with van der Waals surface area (Å²) in [6, 6.07) is 2.84. The fourth-order valence-electron chi connectivity index (χ4n) is 2.71. The zero-order chi connectivity index (χ0) is 18.7. The summed E-state index contributed by atoms with van der Waals surface area (Å²) in [4.78, 5) is 23.5. The third-order valence-electron chi connectivity index (χ3n) is 4.31. The molecule has 1 amide bonds. The van der Waals surface area contributed by atoms with Gasteiger partial charge in [0.15, 0.2) is 0 Å². The first-order valence-electron chi connectivity index (χ1n) is 8.05. The summed E-state index contributed by atoms with van der Waals surface area (Å²) < 4.78 is 44.1. The summed E-state index contributed by atoms with van der Waals surface area (Å²) >= 11 is 0. The van der Waals surface area contributed by atoms with Crippen LogP contribution >= 0.6 is 0 Å². The molecule has 0 heterocycles. The highest BCUT2D eigenvalue weighted by Gasteiger charge is 2.46. The van der Waals surface area contributed by atoms with Gasteiger partial charge in [-0.1, -0.05) is 13.3 Å². The molecule has 0 saturated heterocycles. The molecule has 0 aliphatic heterocycles. The smallest absolute Gasteiger partial charge is 0.416 e. The van der Waals surface area contributed by atoms with Crippen molar-refractivity contribution in [1.82, 2.24) is 0 Å². The van der Waals surface area contributed by atoms with E-state index >= 15 is 0 Å². The van der Waals surface area contributed by atoms with Crippen molar-refractivity contribution in [2.24, 2.45) is 5.41 Å². The van der Waals surface area contributed by atoms with Gasteiger partial charge in [-0.15, -0.1) is 0 Å². The van der Waals surface area contributed by atoms with Crippen LogP contribution in [0.25, 0.3) is 0 Å². The maximum atomic E-state index is 12.9. The van der Waals surface area contributed by atoms with Crippen molar-refractivity contribution >= 4 is 17.6 Å². The van der Waals surface area contributed by atoms with E-state index in [0.717, 1.165) is 18.2 Å². The molecule has 138 valence electrons. The lowest BCUT2D eigenvalue weighted by Crippen LogP contribution is -2.41. The van der Waals surface area contributed by atoms with Gasteiger partial charge in [-0.25, -0.2) is 0 Å². The Hall–Kier alpha value is -2.25. The van der Waals surface area contributed by atoms with Crippen LogP contribution in [0.4, 0.5) is 18.9 Å². The molecular weight excluding hydrogens is 339 g/mol. The molecule has 2 N–H and O–H groups in total. The Labute approximate surface area is 143 Å². The molecule has 0 spiro atoms. The molecule has 0 unspecified atom stereocenters. The Bertz CT molecular complexity index is 654. The van der Waals surface area contributed by atoms with E-state index in [1.54, 1.807) is 0 Å². The number of aliphatic carboxylic acids is 1. The molecule has 5 nitrogen and oxygen atoms in total. The highest BCUT2D eigenvalue weighted by molar-refractivity contribution is 5.95. The summed E-state index contributed by atoms with van der Waals surface area (Å²) in [6.45, 7) is 2.13. The molecule has 1 aliphatic carbocycles. The van der Waals surface area contributed by atoms with Crippen LogP contribution in [0.15, 0.2) is 18.2 Å². The van der Waals surface area contributed by atoms with Crippen molar-refractivity contribution in [3.05, 3.63) is 23.8 Å². The summed E-state index contributed by atoms with van der Waals surface area (Å²) in [7, 11) is 0. The molecule has 8 heteroatoms. The van der Waals surface area contributed by atoms with Gasteiger partial charge in [-0.3, -0.25) is 9.59 Å². The van der Waals surface area contributed by atoms with E-state index in [1.807, 2.05) is 6.92 Å². The minimum absolute atomic E-state index is 0.104. The Balaban J connectivity index is 2.20. The van der Waals surface area contributed by atoms with Crippen molar-refractivity contribution in [2.45, 2.75) is 45.2 Å². The van der Waals surface area contributed by atoms with Crippen LogP contribution in [0.1, 0.15) is 44.6 Å². The maximum absolute atomic E-state index is 12.9. The average molecular weight is 359 g/mol. The molecule has 0 bridgehead atoms. The highest BCUT2D eigenvalue weighted by atomic mass is 19.4. The molecule has 0 radical (unpaired) electrons. The summed E-state index contributed by atoms with van der Waals surface area (Å²) in [6.07, 6.45) is -2.69. The Kier molecular flexibility index (Phi) is 5.59. The van der Waals surface area contributed by atoms with Crippen LogP contribution in [0.2, 0.25) is 0 Å². The van der Waals surface area contributed by atoms with Gasteiger partial charge in [-0.05, 0) is 37.5 Å². The first-order chi connectivity index (χ1) is 11.7. The highest BCUT2D eigenvalue weighted by Crippen LogP contribution is 2.44. The van der Waals surface area contributed by atoms with Crippen molar-refractivity contribution in [3.8, 4) is 5.75 Å². The lowest BCUT2D eigenvalue weighted by molar-refractivity contribution is -0.157. The number of benzene rings is 1. The van der Waals surface area contributed by atoms with Gasteiger partial charge in [0.05, 0.1) is 23.3 Å². The van der Waals surface area contributed by atoms with Crippen LogP contribution < -0.4 is 10.1 Å². The molecule has 1 aliphatic rings. The van der Waals surface area contributed by atoms with Gasteiger partial charge in [-0.2, -0.15) is 13.2 Å². The van der Waals surface area contributed by atoms with E-state index in [-0.39, 0.29) is 24.5 Å². The minimum atomic E-state index is -4.56. The van der Waals surface area contributed by atoms with Crippen LogP contribution in [-0.2, 0) is 15.8 Å². The predicted octanol–water partition coefficient (Wildman–Crippen LogP) is 4.08. The number of hydrogen-bond donors (Lipinski definition) is 2. The number of nitrogens with one attached hydrogen (secondary N) is 1. The average Bonchev–Trinajstić information content (AvgIpc) is 2.48. The van der Waals surface area contributed by atoms with E-state index in [0.29, 0.717) is 25.7 Å². The largest absolute Gasteiger partial charge is 0.491 e. The van der Waals surface area contributed by atoms with Crippen LogP contribution in [-0.4, -0.2) is 23.6 Å². The van der Waals surface area contributed by atoms with E-state index < -0.39 is 29.0 Å². The van der Waals surface area contributed by atoms with E-state index in [9.17, 15) is 27.9 Å². The van der Waals surface area contributed by atoms with Gasteiger partial charge in [0, 0.05) is 6.42 Å². The molecule has 25 heavy (non-hydrogen) atoms. The summed E-state index contributed by atoms with van der Waals surface area (Å²) in [5, 5.41) is 11.7. The molecule has 1 saturated carbocycles. The van der Waals surface area contributed by atoms with E-state index in [2.05, 4.69) is 5.32 Å². The topological polar surface area (TPSA) is 75.6 Å². The number of amides is 1. The standard InChI is InChI=1S/C17H20F3NO4/c1-2-8-25-13-5-4-11(17(18,19)20)9-12(13)21-14(22)10-16(15(23)24)6-3-7-16/h4-5,9H,2-3,6-8,10H2,1H3,(H,21,22)(H,23,24). The van der Waals surface area contributed by atoms with Crippen LogP contribution in [0.3, 0.4) is 0 Å². The van der Waals surface area contributed by atoms with E-state index in [1.165, 1.54) is 0 Å². The summed E-state index contributed by atoms with van der Waals surface area (Å²) in [5.41, 5.74) is -2.13. The lowest BCUT2D eigenvalue weighted by Gasteiger charge is -2.36. The van der Waals surface area contributed by atoms with E-state index in [4.69, 9.17) is 4.74 Å². The minimum Gasteiger partial charge on any atom is -0.491 e. The molecule has 1 fully saturated rings. The van der Waals surface area contributed by atoms with Gasteiger partial charge in [0.1, 0.15) is 5.75 Å². The number of carbonyl (C=O) groups excluding carboxylic acids is 1. The number of carbonyl (C=O) groups is 2. The molecule has 0 aromatic heterocycles. The Morgan fingerprint density at radius 2 is 2.00 bits per heavy atom. The summed E-state index contributed by atoms with van der Waals surface area (Å²) in [5.74, 6) is -1.57. The maximum Gasteiger partial charge on any atom is 0.416 e. The van der Waals surface area contributed by atoms with Crippen molar-refractivity contribution in [1.29, 1.82) is 0 Å². The SMILES string of the molecule is CCCOc1ccc(C(F)(F)F)cc1NC(=O)CC1(C(=O)O)CCC1. The van der Waals surface area contributed by atoms with Crippen molar-refractivity contribution in [2.75, 3.05) is 11.9 Å². The second-order valence-corrected chi connectivity index (χ2v) is 6.22. The van der Waals surface area contributed by atoms with Gasteiger partial charge >= 0.3 is 12.1 Å². The zero-order valence-corrected chi connectivity index (χ0v) is 13.8. The van der Waals surface area contributed by atoms with Crippen molar-refractivity contribution in [3.63, 3.8) is 0 Å². The second-order valence-electron chi connectivity index (χ2n) is 6.22. The number of halogens is 3. The fourth-order valence-corrected chi connectivity index (χ4v) is 2.71.